The Kier molecular flexibility index (Phi) is 12.6. The Morgan fingerprint density at radius 2 is 1.92 bits per heavy atom. The summed E-state index contributed by atoms with van der Waals surface area (Å²) in [5.41, 5.74) is 6.75. The third kappa shape index (κ3) is 8.10. The van der Waals surface area contributed by atoms with Crippen molar-refractivity contribution in [3.63, 3.8) is 0 Å². The lowest BCUT2D eigenvalue weighted by atomic mass is 10.0. The Labute approximate surface area is 168 Å². The first-order chi connectivity index (χ1) is 11.6. The van der Waals surface area contributed by atoms with Crippen LogP contribution in [0.25, 0.3) is 0 Å². The predicted molar refractivity (Wildman–Crippen MR) is 108 cm³/mol. The second-order valence-corrected chi connectivity index (χ2v) is 6.28. The summed E-state index contributed by atoms with van der Waals surface area (Å²) in [6, 6.07) is 7.65. The number of nitrogens with two attached hydrogens (primary N) is 1. The number of nitrogens with one attached hydrogen (secondary N) is 1. The van der Waals surface area contributed by atoms with E-state index in [9.17, 15) is 4.79 Å². The van der Waals surface area contributed by atoms with Gasteiger partial charge in [0.1, 0.15) is 12.4 Å². The molecule has 0 aliphatic carbocycles. The average molecular weight is 408 g/mol. The summed E-state index contributed by atoms with van der Waals surface area (Å²) in [5.74, 6) is 0.576. The molecule has 1 heterocycles. The van der Waals surface area contributed by atoms with Crippen LogP contribution in [0, 0.1) is 5.92 Å². The Morgan fingerprint density at radius 1 is 1.27 bits per heavy atom. The Balaban J connectivity index is 0.00000312. The lowest BCUT2D eigenvalue weighted by molar-refractivity contribution is -0.125. The molecule has 1 aliphatic rings. The summed E-state index contributed by atoms with van der Waals surface area (Å²) in [5, 5.41) is 2.93. The van der Waals surface area contributed by atoms with Gasteiger partial charge in [0.25, 0.3) is 0 Å². The fraction of sp³-hybridized carbons (Fsp3) is 0.611. The normalized spacial score (nSPS) is 16.6. The smallest absolute Gasteiger partial charge is 0.224 e. The van der Waals surface area contributed by atoms with E-state index in [4.69, 9.17) is 15.2 Å². The zero-order chi connectivity index (χ0) is 17.4. The first kappa shape index (κ1) is 24.9. The second kappa shape index (κ2) is 13.2. The largest absolute Gasteiger partial charge is 0.492 e. The molecule has 1 amide bonds. The lowest BCUT2D eigenvalue weighted by Crippen LogP contribution is -2.39. The molecule has 2 unspecified atom stereocenters. The third-order valence-electron chi connectivity index (χ3n) is 4.40. The van der Waals surface area contributed by atoms with Gasteiger partial charge in [0, 0.05) is 43.7 Å². The number of ether oxygens (including phenoxy) is 2. The third-order valence-corrected chi connectivity index (χ3v) is 4.40. The number of nitrogens with zero attached hydrogens (tertiary/aromatic N) is 1. The number of rotatable bonds is 8. The molecule has 0 saturated carbocycles. The summed E-state index contributed by atoms with van der Waals surface area (Å²) < 4.78 is 11.3. The highest BCUT2D eigenvalue weighted by Gasteiger charge is 2.17. The van der Waals surface area contributed by atoms with Gasteiger partial charge >= 0.3 is 0 Å². The molecule has 1 aromatic rings. The number of carbonyl (C=O) groups is 1. The molecule has 150 valence electrons. The van der Waals surface area contributed by atoms with Crippen LogP contribution in [-0.4, -0.2) is 56.3 Å². The molecule has 1 fully saturated rings. The summed E-state index contributed by atoms with van der Waals surface area (Å²) >= 11 is 0. The van der Waals surface area contributed by atoms with E-state index in [1.165, 1.54) is 0 Å². The summed E-state index contributed by atoms with van der Waals surface area (Å²) in [6.07, 6.45) is 0. The number of halogens is 2. The molecule has 26 heavy (non-hydrogen) atoms. The predicted octanol–water partition coefficient (Wildman–Crippen LogP) is 1.84. The van der Waals surface area contributed by atoms with E-state index in [0.717, 1.165) is 44.2 Å². The van der Waals surface area contributed by atoms with Crippen LogP contribution in [0.15, 0.2) is 24.3 Å². The molecule has 1 aliphatic heterocycles. The van der Waals surface area contributed by atoms with E-state index >= 15 is 0 Å². The van der Waals surface area contributed by atoms with Gasteiger partial charge in [-0.3, -0.25) is 9.69 Å². The molecule has 1 saturated heterocycles. The topological polar surface area (TPSA) is 76.8 Å². The Morgan fingerprint density at radius 3 is 2.58 bits per heavy atom. The second-order valence-electron chi connectivity index (χ2n) is 6.28. The van der Waals surface area contributed by atoms with Gasteiger partial charge in [0.05, 0.1) is 13.2 Å². The molecular weight excluding hydrogens is 377 g/mol. The van der Waals surface area contributed by atoms with Crippen molar-refractivity contribution in [3.05, 3.63) is 29.8 Å². The summed E-state index contributed by atoms with van der Waals surface area (Å²) in [7, 11) is 0. The van der Waals surface area contributed by atoms with Gasteiger partial charge in [-0.2, -0.15) is 0 Å². The van der Waals surface area contributed by atoms with Crippen LogP contribution in [-0.2, 0) is 16.1 Å². The fourth-order valence-corrected chi connectivity index (χ4v) is 2.48. The maximum absolute atomic E-state index is 12.0. The van der Waals surface area contributed by atoms with Gasteiger partial charge in [-0.25, -0.2) is 0 Å². The van der Waals surface area contributed by atoms with E-state index in [1.54, 1.807) is 0 Å². The number of carbonyl (C=O) groups excluding carboxylic acids is 1. The SMILES string of the molecule is CC(N)C(C)C(=O)NCc1ccccc1OCCN1CCOCC1.Cl.Cl. The van der Waals surface area contributed by atoms with Crippen molar-refractivity contribution in [2.24, 2.45) is 11.7 Å². The Hall–Kier alpha value is -1.05. The van der Waals surface area contributed by atoms with Gasteiger partial charge in [-0.1, -0.05) is 25.1 Å². The van der Waals surface area contributed by atoms with Crippen LogP contribution < -0.4 is 15.8 Å². The molecule has 0 aromatic heterocycles. The van der Waals surface area contributed by atoms with Crippen LogP contribution in [0.3, 0.4) is 0 Å². The minimum absolute atomic E-state index is 0. The van der Waals surface area contributed by atoms with Gasteiger partial charge in [0.15, 0.2) is 0 Å². The highest BCUT2D eigenvalue weighted by Crippen LogP contribution is 2.18. The molecular formula is C18H31Cl2N3O3. The van der Waals surface area contributed by atoms with Crippen LogP contribution >= 0.6 is 24.8 Å². The van der Waals surface area contributed by atoms with Crippen molar-refractivity contribution < 1.29 is 14.3 Å². The molecule has 0 spiro atoms. The molecule has 8 heteroatoms. The minimum atomic E-state index is -0.209. The standard InChI is InChI=1S/C18H29N3O3.2ClH/c1-14(15(2)19)18(22)20-13-16-5-3-4-6-17(16)24-12-9-21-7-10-23-11-8-21;;/h3-6,14-15H,7-13,19H2,1-2H3,(H,20,22);2*1H. The number of hydrogen-bond acceptors (Lipinski definition) is 5. The van der Waals surface area contributed by atoms with Gasteiger partial charge in [0.2, 0.25) is 5.91 Å². The van der Waals surface area contributed by atoms with Gasteiger partial charge in [-0.15, -0.1) is 24.8 Å². The first-order valence-electron chi connectivity index (χ1n) is 8.62. The van der Waals surface area contributed by atoms with E-state index in [1.807, 2.05) is 38.1 Å². The molecule has 0 bridgehead atoms. The number of morpholine rings is 1. The van der Waals surface area contributed by atoms with Crippen molar-refractivity contribution in [2.45, 2.75) is 26.4 Å². The Bertz CT molecular complexity index is 526. The molecule has 1 aromatic carbocycles. The monoisotopic (exact) mass is 407 g/mol. The van der Waals surface area contributed by atoms with Gasteiger partial charge in [-0.05, 0) is 13.0 Å². The summed E-state index contributed by atoms with van der Waals surface area (Å²) in [6.45, 7) is 9.13. The van der Waals surface area contributed by atoms with Crippen LogP contribution in [0.2, 0.25) is 0 Å². The minimum Gasteiger partial charge on any atom is -0.492 e. The highest BCUT2D eigenvalue weighted by atomic mass is 35.5. The lowest BCUT2D eigenvalue weighted by Gasteiger charge is -2.26. The van der Waals surface area contributed by atoms with Crippen molar-refractivity contribution in [1.29, 1.82) is 0 Å². The molecule has 2 rings (SSSR count). The number of benzene rings is 1. The van der Waals surface area contributed by atoms with E-state index in [-0.39, 0.29) is 42.7 Å². The number of para-hydroxylation sites is 1. The van der Waals surface area contributed by atoms with Crippen molar-refractivity contribution in [2.75, 3.05) is 39.5 Å². The maximum atomic E-state index is 12.0. The van der Waals surface area contributed by atoms with Crippen molar-refractivity contribution >= 4 is 30.7 Å². The van der Waals surface area contributed by atoms with E-state index in [2.05, 4.69) is 10.2 Å². The number of hydrogen-bond donors (Lipinski definition) is 2. The van der Waals surface area contributed by atoms with E-state index in [0.29, 0.717) is 13.2 Å². The maximum Gasteiger partial charge on any atom is 0.224 e. The molecule has 6 nitrogen and oxygen atoms in total. The number of amides is 1. The zero-order valence-corrected chi connectivity index (χ0v) is 17.1. The fourth-order valence-electron chi connectivity index (χ4n) is 2.48. The van der Waals surface area contributed by atoms with Crippen LogP contribution in [0.1, 0.15) is 19.4 Å². The molecule has 3 N–H and O–H groups in total. The van der Waals surface area contributed by atoms with Crippen molar-refractivity contribution in [1.82, 2.24) is 10.2 Å². The summed E-state index contributed by atoms with van der Waals surface area (Å²) in [4.78, 5) is 14.4. The molecule has 0 radical (unpaired) electrons. The quantitative estimate of drug-likeness (QED) is 0.687. The zero-order valence-electron chi connectivity index (χ0n) is 15.5. The average Bonchev–Trinajstić information content (AvgIpc) is 2.60. The van der Waals surface area contributed by atoms with Crippen molar-refractivity contribution in [3.8, 4) is 5.75 Å². The first-order valence-corrected chi connectivity index (χ1v) is 8.62. The highest BCUT2D eigenvalue weighted by molar-refractivity contribution is 5.85. The van der Waals surface area contributed by atoms with E-state index < -0.39 is 0 Å². The molecule has 2 atom stereocenters. The van der Waals surface area contributed by atoms with Crippen LogP contribution in [0.4, 0.5) is 0 Å². The van der Waals surface area contributed by atoms with Gasteiger partial charge < -0.3 is 20.5 Å². The van der Waals surface area contributed by atoms with Crippen LogP contribution in [0.5, 0.6) is 5.75 Å².